The molecule has 1 N–H and O–H groups in total. The molecule has 0 aromatic carbocycles. The molecule has 1 aliphatic heterocycles. The summed E-state index contributed by atoms with van der Waals surface area (Å²) in [6.45, 7) is 20.4. The van der Waals surface area contributed by atoms with Gasteiger partial charge in [0.2, 0.25) is 0 Å². The molecule has 282 valence electrons. The summed E-state index contributed by atoms with van der Waals surface area (Å²) in [6.07, 6.45) is 25.4. The fourth-order valence-electron chi connectivity index (χ4n) is 6.65. The first-order chi connectivity index (χ1) is 22.9. The average Bonchev–Trinajstić information content (AvgIpc) is 3.47. The van der Waals surface area contributed by atoms with Gasteiger partial charge in [0.05, 0.1) is 0 Å². The number of likely N-dealkylation sites (tertiary alicyclic amines) is 1. The lowest BCUT2D eigenvalue weighted by atomic mass is 9.77. The maximum absolute atomic E-state index is 12.5. The fourth-order valence-corrected chi connectivity index (χ4v) is 6.65. The van der Waals surface area contributed by atoms with Crippen LogP contribution in [0, 0.1) is 5.41 Å². The first-order valence-corrected chi connectivity index (χ1v) is 20.6. The van der Waals surface area contributed by atoms with Crippen molar-refractivity contribution in [3.8, 4) is 0 Å². The number of rotatable bonds is 23. The molecule has 6 nitrogen and oxygen atoms in total. The minimum atomic E-state index is -0.0683. The van der Waals surface area contributed by atoms with Gasteiger partial charge in [0.25, 0.3) is 0 Å². The van der Waals surface area contributed by atoms with E-state index in [0.29, 0.717) is 18.3 Å². The topological polar surface area (TPSA) is 76.1 Å². The number of hydrogen-bond donors (Lipinski definition) is 1. The molecule has 0 aromatic rings. The Bertz CT molecular complexity index is 677. The van der Waals surface area contributed by atoms with Crippen molar-refractivity contribution in [3.63, 3.8) is 0 Å². The van der Waals surface area contributed by atoms with Gasteiger partial charge < -0.3 is 19.5 Å². The molecule has 0 amide bonds. The van der Waals surface area contributed by atoms with Gasteiger partial charge in [-0.1, -0.05) is 113 Å². The molecule has 2 rings (SSSR count). The number of carbonyl (C=O) groups excluding carboxylic acids is 2. The summed E-state index contributed by atoms with van der Waals surface area (Å²) in [4.78, 5) is 27.5. The quantitative estimate of drug-likeness (QED) is 0.0862. The van der Waals surface area contributed by atoms with Crippen LogP contribution in [0.2, 0.25) is 0 Å². The monoisotopic (exact) mass is 670 g/mol. The van der Waals surface area contributed by atoms with E-state index in [-0.39, 0.29) is 30.8 Å². The summed E-state index contributed by atoms with van der Waals surface area (Å²) in [6, 6.07) is 0. The first kappa shape index (κ1) is 48.0. The van der Waals surface area contributed by atoms with Crippen LogP contribution in [0.15, 0.2) is 0 Å². The highest BCUT2D eigenvalue weighted by Crippen LogP contribution is 2.47. The van der Waals surface area contributed by atoms with E-state index >= 15 is 0 Å². The number of carbonyl (C=O) groups is 2. The Hall–Kier alpha value is -1.14. The van der Waals surface area contributed by atoms with E-state index in [1.54, 1.807) is 0 Å². The molecule has 6 heteroatoms. The van der Waals surface area contributed by atoms with Crippen molar-refractivity contribution in [2.45, 2.75) is 222 Å². The maximum atomic E-state index is 12.5. The highest BCUT2D eigenvalue weighted by molar-refractivity contribution is 5.70. The zero-order valence-electron chi connectivity index (χ0n) is 33.0. The van der Waals surface area contributed by atoms with E-state index in [1.165, 1.54) is 70.6 Å². The molecule has 0 radical (unpaired) electrons. The third-order valence-corrected chi connectivity index (χ3v) is 9.32. The van der Waals surface area contributed by atoms with Gasteiger partial charge in [0.15, 0.2) is 0 Å². The van der Waals surface area contributed by atoms with Crippen LogP contribution < -0.4 is 0 Å². The molecule has 2 aliphatic rings. The number of piperidine rings is 1. The number of aliphatic hydroxyl groups excluding tert-OH is 1. The van der Waals surface area contributed by atoms with Crippen LogP contribution in [0.1, 0.15) is 209 Å². The summed E-state index contributed by atoms with van der Waals surface area (Å²) >= 11 is 0. The molecule has 2 atom stereocenters. The van der Waals surface area contributed by atoms with Gasteiger partial charge in [-0.15, -0.1) is 0 Å². The second kappa shape index (κ2) is 34.7. The lowest BCUT2D eigenvalue weighted by molar-refractivity contribution is -0.150. The van der Waals surface area contributed by atoms with E-state index in [0.717, 1.165) is 90.3 Å². The van der Waals surface area contributed by atoms with Gasteiger partial charge in [-0.2, -0.15) is 0 Å². The maximum Gasteiger partial charge on any atom is 0.306 e. The molecular formula is C41H83NO5. The smallest absolute Gasteiger partial charge is 0.306 e. The first-order valence-electron chi connectivity index (χ1n) is 20.6. The van der Waals surface area contributed by atoms with Crippen LogP contribution in [-0.2, 0) is 19.1 Å². The summed E-state index contributed by atoms with van der Waals surface area (Å²) in [7, 11) is 0. The van der Waals surface area contributed by atoms with Crippen molar-refractivity contribution in [2.24, 2.45) is 5.41 Å². The van der Waals surface area contributed by atoms with Gasteiger partial charge in [-0.3, -0.25) is 9.59 Å². The Kier molecular flexibility index (Phi) is 35.4. The zero-order valence-corrected chi connectivity index (χ0v) is 33.0. The molecule has 0 bridgehead atoms. The summed E-state index contributed by atoms with van der Waals surface area (Å²) < 4.78 is 11.8. The minimum absolute atomic E-state index is 0.0627. The second-order valence-corrected chi connectivity index (χ2v) is 13.6. The van der Waals surface area contributed by atoms with Crippen LogP contribution in [0.4, 0.5) is 0 Å². The Morgan fingerprint density at radius 3 is 1.77 bits per heavy atom. The second-order valence-electron chi connectivity index (χ2n) is 13.6. The van der Waals surface area contributed by atoms with Gasteiger partial charge >= 0.3 is 11.9 Å². The van der Waals surface area contributed by atoms with Crippen molar-refractivity contribution < 1.29 is 24.2 Å². The number of unbranched alkanes of at least 4 members (excludes halogenated alkanes) is 10. The van der Waals surface area contributed by atoms with E-state index in [4.69, 9.17) is 14.6 Å². The largest absolute Gasteiger partial charge is 0.462 e. The van der Waals surface area contributed by atoms with Crippen LogP contribution in [-0.4, -0.2) is 60.4 Å². The van der Waals surface area contributed by atoms with Crippen LogP contribution >= 0.6 is 0 Å². The lowest BCUT2D eigenvalue weighted by Crippen LogP contribution is -2.39. The average molecular weight is 670 g/mol. The van der Waals surface area contributed by atoms with Crippen molar-refractivity contribution in [2.75, 3.05) is 26.2 Å². The summed E-state index contributed by atoms with van der Waals surface area (Å²) in [5.41, 5.74) is 0.363. The number of nitrogens with zero attached hydrogens (tertiary/aromatic N) is 1. The Morgan fingerprint density at radius 2 is 1.21 bits per heavy atom. The third-order valence-electron chi connectivity index (χ3n) is 9.32. The van der Waals surface area contributed by atoms with Crippen molar-refractivity contribution in [1.82, 2.24) is 4.90 Å². The zero-order chi connectivity index (χ0) is 35.6. The van der Waals surface area contributed by atoms with Gasteiger partial charge in [-0.25, -0.2) is 0 Å². The van der Waals surface area contributed by atoms with E-state index in [9.17, 15) is 9.59 Å². The van der Waals surface area contributed by atoms with E-state index in [1.807, 2.05) is 27.7 Å². The number of esters is 2. The molecule has 47 heavy (non-hydrogen) atoms. The van der Waals surface area contributed by atoms with Crippen LogP contribution in [0.3, 0.4) is 0 Å². The van der Waals surface area contributed by atoms with E-state index in [2.05, 4.69) is 32.6 Å². The fraction of sp³-hybridized carbons (Fsp3) is 0.951. The van der Waals surface area contributed by atoms with Crippen molar-refractivity contribution in [3.05, 3.63) is 0 Å². The Balaban J connectivity index is 0. The SMILES string of the molecule is CC.CC.CCC.CCCCCCCC(CCCCCC)OC(=O)CCCCCC(=O)OC1CCC2(CCN(CCCCO)CC2)C1. The van der Waals surface area contributed by atoms with Gasteiger partial charge in [0, 0.05) is 19.4 Å². The van der Waals surface area contributed by atoms with Gasteiger partial charge in [-0.05, 0) is 109 Å². The normalized spacial score (nSPS) is 17.3. The minimum Gasteiger partial charge on any atom is -0.462 e. The van der Waals surface area contributed by atoms with Crippen molar-refractivity contribution >= 4 is 11.9 Å². The molecule has 1 aliphatic carbocycles. The Labute approximate surface area is 293 Å². The molecule has 1 heterocycles. The van der Waals surface area contributed by atoms with Crippen molar-refractivity contribution in [1.29, 1.82) is 0 Å². The summed E-state index contributed by atoms with van der Waals surface area (Å²) in [5.74, 6) is -0.131. The molecule has 2 fully saturated rings. The molecule has 2 unspecified atom stereocenters. The molecule has 0 aromatic heterocycles. The Morgan fingerprint density at radius 1 is 0.702 bits per heavy atom. The predicted octanol–water partition coefficient (Wildman–Crippen LogP) is 11.6. The van der Waals surface area contributed by atoms with Crippen LogP contribution in [0.25, 0.3) is 0 Å². The molecule has 1 spiro atoms. The van der Waals surface area contributed by atoms with Gasteiger partial charge in [0.1, 0.15) is 12.2 Å². The lowest BCUT2D eigenvalue weighted by Gasteiger charge is -2.39. The van der Waals surface area contributed by atoms with Crippen LogP contribution in [0.5, 0.6) is 0 Å². The molecule has 1 saturated carbocycles. The highest BCUT2D eigenvalue weighted by Gasteiger charge is 2.42. The predicted molar refractivity (Wildman–Crippen MR) is 202 cm³/mol. The number of ether oxygens (including phenoxy) is 2. The summed E-state index contributed by atoms with van der Waals surface area (Å²) in [5, 5.41) is 9.00. The third kappa shape index (κ3) is 26.4. The number of aliphatic hydroxyl groups is 1. The standard InChI is InChI=1S/C34H63NO5.C3H8.2C2H6/c1-3-5-7-9-12-18-30(17-11-8-6-4-2)39-32(37)19-13-10-14-20-33(38)40-31-21-22-34(29-31)23-26-35(27-24-34)25-15-16-28-36;1-3-2;2*1-2/h30-31,36H,3-29H2,1-2H3;3H2,1-2H3;2*1-2H3. The molecular weight excluding hydrogens is 586 g/mol. The highest BCUT2D eigenvalue weighted by atomic mass is 16.5. The molecule has 1 saturated heterocycles. The van der Waals surface area contributed by atoms with E-state index < -0.39 is 0 Å². The number of hydrogen-bond acceptors (Lipinski definition) is 6.